The van der Waals surface area contributed by atoms with E-state index in [0.717, 1.165) is 34.8 Å². The lowest BCUT2D eigenvalue weighted by molar-refractivity contribution is 0.0723. The molecule has 0 saturated carbocycles. The Morgan fingerprint density at radius 2 is 2.18 bits per heavy atom. The van der Waals surface area contributed by atoms with Crippen molar-refractivity contribution in [2.75, 3.05) is 13.2 Å². The Labute approximate surface area is 163 Å². The number of nitrogens with zero attached hydrogens (tertiary/aromatic N) is 4. The number of hydrogen-bond donors (Lipinski definition) is 2. The fourth-order valence-corrected chi connectivity index (χ4v) is 3.60. The van der Waals surface area contributed by atoms with Crippen molar-refractivity contribution in [3.63, 3.8) is 0 Å². The zero-order chi connectivity index (χ0) is 19.7. The molecule has 1 atom stereocenters. The van der Waals surface area contributed by atoms with Gasteiger partial charge in [0.2, 0.25) is 0 Å². The van der Waals surface area contributed by atoms with Crippen LogP contribution >= 0.6 is 0 Å². The molecule has 0 radical (unpaired) electrons. The maximum atomic E-state index is 13.2. The van der Waals surface area contributed by atoms with Gasteiger partial charge in [0.1, 0.15) is 11.6 Å². The van der Waals surface area contributed by atoms with Crippen molar-refractivity contribution < 1.29 is 9.53 Å². The number of aromatic nitrogens is 5. The summed E-state index contributed by atoms with van der Waals surface area (Å²) in [5, 5.41) is 14.6. The molecule has 8 nitrogen and oxygen atoms in total. The highest BCUT2D eigenvalue weighted by molar-refractivity contribution is 5.94. The highest BCUT2D eigenvalue weighted by atomic mass is 16.5. The largest absolute Gasteiger partial charge is 0.494 e. The summed E-state index contributed by atoms with van der Waals surface area (Å²) in [5.74, 6) is 2.18. The van der Waals surface area contributed by atoms with Gasteiger partial charge in [-0.1, -0.05) is 6.92 Å². The van der Waals surface area contributed by atoms with Gasteiger partial charge in [-0.2, -0.15) is 10.2 Å². The lowest BCUT2D eigenvalue weighted by Gasteiger charge is -2.31. The predicted molar refractivity (Wildman–Crippen MR) is 103 cm³/mol. The standard InChI is InChI=1S/C20H24N6O2/c1-4-17-22-19(25-23-17)15-11-26(10-14-9-21-24-18(14)15)20(27)13-6-7-16(28-5-2)12(3)8-13/h6-9,15H,4-5,10-11H2,1-3H3,(H,21,24)(H,22,23,25). The van der Waals surface area contributed by atoms with E-state index in [1.165, 1.54) is 0 Å². The van der Waals surface area contributed by atoms with E-state index in [4.69, 9.17) is 4.74 Å². The number of carbonyl (C=O) groups excluding carboxylic acids is 1. The van der Waals surface area contributed by atoms with Crippen LogP contribution in [0.1, 0.15) is 58.6 Å². The maximum absolute atomic E-state index is 13.2. The van der Waals surface area contributed by atoms with E-state index >= 15 is 0 Å². The Morgan fingerprint density at radius 1 is 1.32 bits per heavy atom. The van der Waals surface area contributed by atoms with Crippen LogP contribution in [0, 0.1) is 6.92 Å². The van der Waals surface area contributed by atoms with E-state index in [0.29, 0.717) is 31.1 Å². The topological polar surface area (TPSA) is 99.8 Å². The molecule has 3 heterocycles. The van der Waals surface area contributed by atoms with Crippen molar-refractivity contribution in [3.8, 4) is 5.75 Å². The third-order valence-electron chi connectivity index (χ3n) is 5.07. The van der Waals surface area contributed by atoms with Gasteiger partial charge in [-0.25, -0.2) is 4.98 Å². The summed E-state index contributed by atoms with van der Waals surface area (Å²) < 4.78 is 5.58. The van der Waals surface area contributed by atoms with Crippen LogP contribution in [0.3, 0.4) is 0 Å². The van der Waals surface area contributed by atoms with Crippen LogP contribution in [0.4, 0.5) is 0 Å². The summed E-state index contributed by atoms with van der Waals surface area (Å²) in [4.78, 5) is 19.6. The third-order valence-corrected chi connectivity index (χ3v) is 5.07. The summed E-state index contributed by atoms with van der Waals surface area (Å²) in [6, 6.07) is 5.57. The van der Waals surface area contributed by atoms with Gasteiger partial charge in [0.25, 0.3) is 5.91 Å². The first-order valence-corrected chi connectivity index (χ1v) is 9.56. The first-order chi connectivity index (χ1) is 13.6. The van der Waals surface area contributed by atoms with Gasteiger partial charge in [0.15, 0.2) is 5.82 Å². The van der Waals surface area contributed by atoms with Crippen molar-refractivity contribution in [1.82, 2.24) is 30.3 Å². The van der Waals surface area contributed by atoms with Gasteiger partial charge < -0.3 is 9.64 Å². The second-order valence-electron chi connectivity index (χ2n) is 6.95. The molecule has 8 heteroatoms. The van der Waals surface area contributed by atoms with Crippen LogP contribution < -0.4 is 4.74 Å². The SMILES string of the molecule is CCOc1ccc(C(=O)N2Cc3cn[nH]c3C(c3n[nH]c(CC)n3)C2)cc1C. The second kappa shape index (κ2) is 7.46. The Hall–Kier alpha value is -3.16. The van der Waals surface area contributed by atoms with Gasteiger partial charge >= 0.3 is 0 Å². The molecule has 0 spiro atoms. The van der Waals surface area contributed by atoms with Crippen LogP contribution in [-0.2, 0) is 13.0 Å². The second-order valence-corrected chi connectivity index (χ2v) is 6.95. The molecule has 1 unspecified atom stereocenters. The number of aromatic amines is 2. The summed E-state index contributed by atoms with van der Waals surface area (Å²) >= 11 is 0. The number of benzene rings is 1. The molecular formula is C20H24N6O2. The third kappa shape index (κ3) is 3.26. The van der Waals surface area contributed by atoms with E-state index in [-0.39, 0.29) is 11.8 Å². The Morgan fingerprint density at radius 3 is 2.89 bits per heavy atom. The highest BCUT2D eigenvalue weighted by Crippen LogP contribution is 2.31. The summed E-state index contributed by atoms with van der Waals surface area (Å²) in [5.41, 5.74) is 3.58. The van der Waals surface area contributed by atoms with Crippen LogP contribution in [0.5, 0.6) is 5.75 Å². The molecule has 1 aromatic carbocycles. The first-order valence-electron chi connectivity index (χ1n) is 9.56. The summed E-state index contributed by atoms with van der Waals surface area (Å²) in [7, 11) is 0. The Bertz CT molecular complexity index is 992. The number of aryl methyl sites for hydroxylation is 2. The molecule has 28 heavy (non-hydrogen) atoms. The fourth-order valence-electron chi connectivity index (χ4n) is 3.60. The van der Waals surface area contributed by atoms with Crippen LogP contribution in [0.25, 0.3) is 0 Å². The van der Waals surface area contributed by atoms with Gasteiger partial charge in [-0.3, -0.25) is 15.0 Å². The molecule has 0 fully saturated rings. The molecule has 2 aromatic heterocycles. The van der Waals surface area contributed by atoms with Gasteiger partial charge in [0, 0.05) is 30.6 Å². The van der Waals surface area contributed by atoms with Crippen LogP contribution in [0.2, 0.25) is 0 Å². The van der Waals surface area contributed by atoms with E-state index in [2.05, 4.69) is 25.4 Å². The Kier molecular flexibility index (Phi) is 4.85. The number of amides is 1. The number of carbonyl (C=O) groups is 1. The van der Waals surface area contributed by atoms with Gasteiger partial charge in [0.05, 0.1) is 24.4 Å². The van der Waals surface area contributed by atoms with Crippen molar-refractivity contribution in [1.29, 1.82) is 0 Å². The summed E-state index contributed by atoms with van der Waals surface area (Å²) in [6.07, 6.45) is 2.56. The Balaban J connectivity index is 1.62. The molecule has 0 bridgehead atoms. The molecule has 0 aliphatic carbocycles. The number of hydrogen-bond acceptors (Lipinski definition) is 5. The van der Waals surface area contributed by atoms with E-state index in [9.17, 15) is 4.79 Å². The molecule has 1 aliphatic rings. The molecular weight excluding hydrogens is 356 g/mol. The van der Waals surface area contributed by atoms with E-state index in [1.54, 1.807) is 6.20 Å². The monoisotopic (exact) mass is 380 g/mol. The van der Waals surface area contributed by atoms with Gasteiger partial charge in [-0.15, -0.1) is 0 Å². The molecule has 0 saturated heterocycles. The highest BCUT2D eigenvalue weighted by Gasteiger charge is 2.33. The van der Waals surface area contributed by atoms with Crippen molar-refractivity contribution in [2.24, 2.45) is 0 Å². The molecule has 3 aromatic rings. The number of ether oxygens (including phenoxy) is 1. The van der Waals surface area contributed by atoms with Crippen LogP contribution in [0.15, 0.2) is 24.4 Å². The van der Waals surface area contributed by atoms with E-state index in [1.807, 2.05) is 43.9 Å². The normalized spacial score (nSPS) is 16.1. The van der Waals surface area contributed by atoms with Crippen molar-refractivity contribution >= 4 is 5.91 Å². The lowest BCUT2D eigenvalue weighted by atomic mass is 9.95. The van der Waals surface area contributed by atoms with Crippen molar-refractivity contribution in [3.05, 3.63) is 58.4 Å². The molecule has 1 aliphatic heterocycles. The average molecular weight is 380 g/mol. The lowest BCUT2D eigenvalue weighted by Crippen LogP contribution is -2.38. The zero-order valence-electron chi connectivity index (χ0n) is 16.3. The first kappa shape index (κ1) is 18.2. The summed E-state index contributed by atoms with van der Waals surface area (Å²) in [6.45, 7) is 7.54. The average Bonchev–Trinajstić information content (AvgIpc) is 3.37. The quantitative estimate of drug-likeness (QED) is 0.709. The number of H-pyrrole nitrogens is 2. The van der Waals surface area contributed by atoms with E-state index < -0.39 is 0 Å². The minimum Gasteiger partial charge on any atom is -0.494 e. The molecule has 146 valence electrons. The zero-order valence-corrected chi connectivity index (χ0v) is 16.3. The molecule has 2 N–H and O–H groups in total. The van der Waals surface area contributed by atoms with Crippen molar-refractivity contribution in [2.45, 2.75) is 39.7 Å². The van der Waals surface area contributed by atoms with Crippen LogP contribution in [-0.4, -0.2) is 49.3 Å². The van der Waals surface area contributed by atoms with Gasteiger partial charge in [-0.05, 0) is 37.6 Å². The predicted octanol–water partition coefficient (Wildman–Crippen LogP) is 2.59. The maximum Gasteiger partial charge on any atom is 0.254 e. The fraction of sp³-hybridized carbons (Fsp3) is 0.400. The number of fused-ring (bicyclic) bond motifs is 1. The number of rotatable bonds is 5. The number of nitrogens with one attached hydrogen (secondary N) is 2. The smallest absolute Gasteiger partial charge is 0.254 e. The molecule has 1 amide bonds. The minimum atomic E-state index is -0.129. The minimum absolute atomic E-state index is 0.0192. The molecule has 4 rings (SSSR count).